The predicted octanol–water partition coefficient (Wildman–Crippen LogP) is -0.842. The van der Waals surface area contributed by atoms with E-state index >= 15 is 0 Å². The minimum atomic E-state index is -0.396. The van der Waals surface area contributed by atoms with Crippen LogP contribution in [0.25, 0.3) is 0 Å². The quantitative estimate of drug-likeness (QED) is 0.665. The van der Waals surface area contributed by atoms with Gasteiger partial charge in [0.1, 0.15) is 6.04 Å². The summed E-state index contributed by atoms with van der Waals surface area (Å²) in [5.41, 5.74) is 0. The Morgan fingerprint density at radius 1 is 1.53 bits per heavy atom. The Labute approximate surface area is 90.6 Å². The van der Waals surface area contributed by atoms with Crippen molar-refractivity contribution in [2.24, 2.45) is 0 Å². The number of aliphatic hydroxyl groups excluding tert-OH is 1. The molecule has 0 radical (unpaired) electrons. The van der Waals surface area contributed by atoms with Crippen LogP contribution in [0.1, 0.15) is 6.42 Å². The van der Waals surface area contributed by atoms with Crippen molar-refractivity contribution in [3.63, 3.8) is 0 Å². The fourth-order valence-corrected chi connectivity index (χ4v) is 1.86. The SMILES string of the molecule is COCCN1CCCN(C)C(=O)C1CO. The van der Waals surface area contributed by atoms with Crippen LogP contribution in [0.4, 0.5) is 0 Å². The van der Waals surface area contributed by atoms with Crippen molar-refractivity contribution in [2.45, 2.75) is 12.5 Å². The average molecular weight is 216 g/mol. The molecule has 0 aromatic rings. The van der Waals surface area contributed by atoms with Gasteiger partial charge in [-0.05, 0) is 6.42 Å². The maximum atomic E-state index is 11.8. The summed E-state index contributed by atoms with van der Waals surface area (Å²) in [5.74, 6) is 0.00565. The van der Waals surface area contributed by atoms with Crippen LogP contribution < -0.4 is 0 Å². The summed E-state index contributed by atoms with van der Waals surface area (Å²) in [7, 11) is 3.42. The van der Waals surface area contributed by atoms with E-state index in [0.29, 0.717) is 13.2 Å². The van der Waals surface area contributed by atoms with Gasteiger partial charge >= 0.3 is 0 Å². The third-order valence-electron chi connectivity index (χ3n) is 2.80. The maximum Gasteiger partial charge on any atom is 0.242 e. The Morgan fingerprint density at radius 3 is 2.87 bits per heavy atom. The molecule has 0 aromatic heterocycles. The largest absolute Gasteiger partial charge is 0.394 e. The zero-order valence-corrected chi connectivity index (χ0v) is 9.48. The number of rotatable bonds is 4. The first-order valence-corrected chi connectivity index (χ1v) is 5.29. The Balaban J connectivity index is 2.62. The molecule has 1 heterocycles. The van der Waals surface area contributed by atoms with Gasteiger partial charge < -0.3 is 14.7 Å². The Bertz CT molecular complexity index is 209. The molecule has 88 valence electrons. The van der Waals surface area contributed by atoms with E-state index in [1.807, 2.05) is 4.90 Å². The summed E-state index contributed by atoms with van der Waals surface area (Å²) < 4.78 is 4.99. The van der Waals surface area contributed by atoms with Gasteiger partial charge in [0.25, 0.3) is 0 Å². The molecule has 5 nitrogen and oxygen atoms in total. The summed E-state index contributed by atoms with van der Waals surface area (Å²) in [6, 6.07) is -0.396. The predicted molar refractivity (Wildman–Crippen MR) is 56.6 cm³/mol. The van der Waals surface area contributed by atoms with Crippen molar-refractivity contribution in [3.8, 4) is 0 Å². The van der Waals surface area contributed by atoms with Crippen LogP contribution in [0.5, 0.6) is 0 Å². The number of hydrogen-bond acceptors (Lipinski definition) is 4. The molecule has 1 atom stereocenters. The number of likely N-dealkylation sites (N-methyl/N-ethyl adjacent to an activating group) is 1. The molecule has 1 saturated heterocycles. The van der Waals surface area contributed by atoms with Gasteiger partial charge in [-0.1, -0.05) is 0 Å². The van der Waals surface area contributed by atoms with Crippen molar-refractivity contribution >= 4 is 5.91 Å². The number of aliphatic hydroxyl groups is 1. The number of ether oxygens (including phenoxy) is 1. The van der Waals surface area contributed by atoms with Gasteiger partial charge in [-0.2, -0.15) is 0 Å². The van der Waals surface area contributed by atoms with Crippen LogP contribution in [-0.2, 0) is 9.53 Å². The third kappa shape index (κ3) is 3.15. The maximum absolute atomic E-state index is 11.8. The van der Waals surface area contributed by atoms with E-state index in [9.17, 15) is 9.90 Å². The van der Waals surface area contributed by atoms with Gasteiger partial charge in [0, 0.05) is 33.8 Å². The lowest BCUT2D eigenvalue weighted by molar-refractivity contribution is -0.135. The lowest BCUT2D eigenvalue weighted by atomic mass is 10.2. The van der Waals surface area contributed by atoms with Gasteiger partial charge in [0.15, 0.2) is 0 Å². The van der Waals surface area contributed by atoms with Crippen LogP contribution in [0.15, 0.2) is 0 Å². The molecule has 1 fully saturated rings. The highest BCUT2D eigenvalue weighted by Gasteiger charge is 2.29. The Morgan fingerprint density at radius 2 is 2.27 bits per heavy atom. The molecular weight excluding hydrogens is 196 g/mol. The van der Waals surface area contributed by atoms with Gasteiger partial charge in [0.05, 0.1) is 13.2 Å². The van der Waals surface area contributed by atoms with E-state index in [-0.39, 0.29) is 12.5 Å². The molecule has 0 aliphatic carbocycles. The lowest BCUT2D eigenvalue weighted by Gasteiger charge is -2.27. The van der Waals surface area contributed by atoms with E-state index in [1.165, 1.54) is 0 Å². The lowest BCUT2D eigenvalue weighted by Crippen LogP contribution is -2.48. The summed E-state index contributed by atoms with van der Waals surface area (Å²) >= 11 is 0. The fraction of sp³-hybridized carbons (Fsp3) is 0.900. The normalized spacial score (nSPS) is 24.3. The molecule has 0 saturated carbocycles. The Hall–Kier alpha value is -0.650. The molecule has 0 spiro atoms. The molecule has 5 heteroatoms. The molecule has 1 aliphatic rings. The molecule has 0 bridgehead atoms. The molecule has 1 unspecified atom stereocenters. The second-order valence-electron chi connectivity index (χ2n) is 3.84. The zero-order chi connectivity index (χ0) is 11.3. The van der Waals surface area contributed by atoms with Crippen LogP contribution in [-0.4, -0.2) is 73.9 Å². The molecule has 1 rings (SSSR count). The molecule has 1 aliphatic heterocycles. The molecule has 1 N–H and O–H groups in total. The third-order valence-corrected chi connectivity index (χ3v) is 2.80. The molecule has 15 heavy (non-hydrogen) atoms. The monoisotopic (exact) mass is 216 g/mol. The first kappa shape index (κ1) is 12.4. The number of nitrogens with zero attached hydrogens (tertiary/aromatic N) is 2. The van der Waals surface area contributed by atoms with Crippen molar-refractivity contribution in [1.29, 1.82) is 0 Å². The van der Waals surface area contributed by atoms with Gasteiger partial charge in [-0.3, -0.25) is 9.69 Å². The Kier molecular flexibility index (Phi) is 5.01. The van der Waals surface area contributed by atoms with Crippen molar-refractivity contribution < 1.29 is 14.6 Å². The van der Waals surface area contributed by atoms with Crippen LogP contribution >= 0.6 is 0 Å². The molecule has 1 amide bonds. The van der Waals surface area contributed by atoms with Gasteiger partial charge in [0.2, 0.25) is 5.91 Å². The van der Waals surface area contributed by atoms with Crippen molar-refractivity contribution in [1.82, 2.24) is 9.80 Å². The minimum absolute atomic E-state index is 0.00565. The average Bonchev–Trinajstić information content (AvgIpc) is 2.37. The van der Waals surface area contributed by atoms with Crippen LogP contribution in [0.2, 0.25) is 0 Å². The van der Waals surface area contributed by atoms with Crippen molar-refractivity contribution in [2.75, 3.05) is 47.0 Å². The summed E-state index contributed by atoms with van der Waals surface area (Å²) in [4.78, 5) is 15.5. The number of carbonyl (C=O) groups excluding carboxylic acids is 1. The minimum Gasteiger partial charge on any atom is -0.394 e. The van der Waals surface area contributed by atoms with E-state index < -0.39 is 6.04 Å². The first-order chi connectivity index (χ1) is 7.20. The first-order valence-electron chi connectivity index (χ1n) is 5.29. The standard InChI is InChI=1S/C10H20N2O3/c1-11-4-3-5-12(6-7-15-2)9(8-13)10(11)14/h9,13H,3-8H2,1-2H3. The van der Waals surface area contributed by atoms with Crippen LogP contribution in [0, 0.1) is 0 Å². The molecular formula is C10H20N2O3. The number of amides is 1. The number of carbonyl (C=O) groups is 1. The molecule has 0 aromatic carbocycles. The van der Waals surface area contributed by atoms with Gasteiger partial charge in [-0.25, -0.2) is 0 Å². The smallest absolute Gasteiger partial charge is 0.242 e. The van der Waals surface area contributed by atoms with Gasteiger partial charge in [-0.15, -0.1) is 0 Å². The number of methoxy groups -OCH3 is 1. The summed E-state index contributed by atoms with van der Waals surface area (Å²) in [5, 5.41) is 9.24. The second kappa shape index (κ2) is 6.05. The topological polar surface area (TPSA) is 53.0 Å². The fourth-order valence-electron chi connectivity index (χ4n) is 1.86. The summed E-state index contributed by atoms with van der Waals surface area (Å²) in [6.07, 6.45) is 0.947. The van der Waals surface area contributed by atoms with E-state index in [4.69, 9.17) is 4.74 Å². The zero-order valence-electron chi connectivity index (χ0n) is 9.48. The van der Waals surface area contributed by atoms with Crippen LogP contribution in [0.3, 0.4) is 0 Å². The highest BCUT2D eigenvalue weighted by atomic mass is 16.5. The van der Waals surface area contributed by atoms with Crippen molar-refractivity contribution in [3.05, 3.63) is 0 Å². The summed E-state index contributed by atoms with van der Waals surface area (Å²) in [6.45, 7) is 2.77. The highest BCUT2D eigenvalue weighted by Crippen LogP contribution is 2.09. The van der Waals surface area contributed by atoms with E-state index in [0.717, 1.165) is 19.5 Å². The second-order valence-corrected chi connectivity index (χ2v) is 3.84. The van der Waals surface area contributed by atoms with E-state index in [1.54, 1.807) is 19.1 Å². The van der Waals surface area contributed by atoms with E-state index in [2.05, 4.69) is 0 Å². The highest BCUT2D eigenvalue weighted by molar-refractivity contribution is 5.82. The number of hydrogen-bond donors (Lipinski definition) is 1.